The van der Waals surface area contributed by atoms with Crippen LogP contribution in [0.25, 0.3) is 0 Å². The minimum atomic E-state index is -0.922. The zero-order valence-electron chi connectivity index (χ0n) is 11.4. The molecule has 3 heterocycles. The largest absolute Gasteiger partial charge is 0.285 e. The van der Waals surface area contributed by atoms with E-state index in [0.29, 0.717) is 0 Å². The van der Waals surface area contributed by atoms with E-state index >= 15 is 0 Å². The highest BCUT2D eigenvalue weighted by Gasteiger charge is 2.17. The summed E-state index contributed by atoms with van der Waals surface area (Å²) in [6.45, 7) is 0. The van der Waals surface area contributed by atoms with Crippen molar-refractivity contribution in [2.75, 3.05) is 0 Å². The number of rotatable bonds is 2. The average molecular weight is 336 g/mol. The van der Waals surface area contributed by atoms with Gasteiger partial charge in [0.2, 0.25) is 17.7 Å². The van der Waals surface area contributed by atoms with E-state index in [1.165, 1.54) is 30.7 Å². The van der Waals surface area contributed by atoms with Gasteiger partial charge in [0.1, 0.15) is 10.8 Å². The van der Waals surface area contributed by atoms with Gasteiger partial charge in [0.15, 0.2) is 5.69 Å². The SMILES string of the molecule is Fc1cnccn1.O=C(c1cccc(Cl)n1)c1nccnc1F. The van der Waals surface area contributed by atoms with Crippen molar-refractivity contribution >= 4 is 17.4 Å². The predicted octanol–water partition coefficient (Wildman–Crippen LogP) is 2.51. The molecule has 0 fully saturated rings. The maximum atomic E-state index is 13.2. The third-order valence-corrected chi connectivity index (χ3v) is 2.56. The van der Waals surface area contributed by atoms with Crippen LogP contribution in [0, 0.1) is 11.9 Å². The highest BCUT2D eigenvalue weighted by Crippen LogP contribution is 2.10. The van der Waals surface area contributed by atoms with Crippen molar-refractivity contribution < 1.29 is 13.6 Å². The summed E-state index contributed by atoms with van der Waals surface area (Å²) in [5.41, 5.74) is -0.329. The topological polar surface area (TPSA) is 81.5 Å². The van der Waals surface area contributed by atoms with E-state index in [1.54, 1.807) is 6.07 Å². The minimum Gasteiger partial charge on any atom is -0.285 e. The summed E-state index contributed by atoms with van der Waals surface area (Å²) in [6.07, 6.45) is 6.18. The summed E-state index contributed by atoms with van der Waals surface area (Å²) in [7, 11) is 0. The van der Waals surface area contributed by atoms with Crippen molar-refractivity contribution in [1.29, 1.82) is 0 Å². The molecule has 0 aliphatic carbocycles. The Balaban J connectivity index is 0.000000229. The lowest BCUT2D eigenvalue weighted by molar-refractivity contribution is 0.102. The summed E-state index contributed by atoms with van der Waals surface area (Å²) >= 11 is 5.62. The van der Waals surface area contributed by atoms with Crippen LogP contribution in [0.4, 0.5) is 8.78 Å². The van der Waals surface area contributed by atoms with Gasteiger partial charge in [-0.3, -0.25) is 9.78 Å². The fourth-order valence-corrected chi connectivity index (χ4v) is 1.57. The monoisotopic (exact) mass is 335 g/mol. The first kappa shape index (κ1) is 16.5. The second-order valence-corrected chi connectivity index (χ2v) is 4.29. The van der Waals surface area contributed by atoms with Gasteiger partial charge in [-0.1, -0.05) is 17.7 Å². The molecular formula is C14H8ClF2N5O. The fourth-order valence-electron chi connectivity index (χ4n) is 1.41. The predicted molar refractivity (Wildman–Crippen MR) is 76.7 cm³/mol. The van der Waals surface area contributed by atoms with Crippen molar-refractivity contribution in [3.63, 3.8) is 0 Å². The zero-order valence-corrected chi connectivity index (χ0v) is 12.2. The Morgan fingerprint density at radius 3 is 2.30 bits per heavy atom. The van der Waals surface area contributed by atoms with Gasteiger partial charge in [0.05, 0.1) is 6.20 Å². The molecule has 23 heavy (non-hydrogen) atoms. The number of carbonyl (C=O) groups is 1. The van der Waals surface area contributed by atoms with Crippen LogP contribution in [0.2, 0.25) is 5.15 Å². The van der Waals surface area contributed by atoms with Crippen LogP contribution in [0.1, 0.15) is 16.2 Å². The summed E-state index contributed by atoms with van der Waals surface area (Å²) in [6, 6.07) is 4.50. The number of hydrogen-bond acceptors (Lipinski definition) is 6. The van der Waals surface area contributed by atoms with Crippen LogP contribution in [-0.4, -0.2) is 30.7 Å². The minimum absolute atomic E-state index is 0.0342. The van der Waals surface area contributed by atoms with Crippen LogP contribution in [-0.2, 0) is 0 Å². The van der Waals surface area contributed by atoms with Crippen LogP contribution in [0.15, 0.2) is 49.2 Å². The lowest BCUT2D eigenvalue weighted by Gasteiger charge is -2.00. The highest BCUT2D eigenvalue weighted by atomic mass is 35.5. The smallest absolute Gasteiger partial charge is 0.242 e. The fraction of sp³-hybridized carbons (Fsp3) is 0. The number of nitrogens with zero attached hydrogens (tertiary/aromatic N) is 5. The Morgan fingerprint density at radius 2 is 1.74 bits per heavy atom. The maximum absolute atomic E-state index is 13.2. The molecule has 0 bridgehead atoms. The highest BCUT2D eigenvalue weighted by molar-refractivity contribution is 6.29. The van der Waals surface area contributed by atoms with E-state index in [0.717, 1.165) is 12.4 Å². The molecule has 116 valence electrons. The lowest BCUT2D eigenvalue weighted by Crippen LogP contribution is -2.10. The van der Waals surface area contributed by atoms with Crippen LogP contribution in [0.5, 0.6) is 0 Å². The summed E-state index contributed by atoms with van der Waals surface area (Å²) < 4.78 is 24.9. The normalized spacial score (nSPS) is 9.70. The third kappa shape index (κ3) is 4.82. The van der Waals surface area contributed by atoms with Crippen molar-refractivity contribution in [2.24, 2.45) is 0 Å². The number of aromatic nitrogens is 5. The van der Waals surface area contributed by atoms with Crippen molar-refractivity contribution in [1.82, 2.24) is 24.9 Å². The Hall–Kier alpha value is -2.87. The first-order chi connectivity index (χ1) is 11.1. The van der Waals surface area contributed by atoms with Crippen LogP contribution < -0.4 is 0 Å². The van der Waals surface area contributed by atoms with Gasteiger partial charge < -0.3 is 0 Å². The standard InChI is InChI=1S/C10H5ClFN3O.C4H3FN2/c11-7-3-1-2-6(15-7)9(16)8-10(12)14-5-4-13-8;5-4-3-6-1-2-7-4/h1-5H;1-3H. The molecule has 0 amide bonds. The molecule has 6 nitrogen and oxygen atoms in total. The molecule has 3 rings (SSSR count). The molecule has 0 atom stereocenters. The number of ketones is 1. The Bertz CT molecular complexity index is 804. The van der Waals surface area contributed by atoms with E-state index in [-0.39, 0.29) is 16.5 Å². The first-order valence-corrected chi connectivity index (χ1v) is 6.51. The Labute approximate surface area is 134 Å². The van der Waals surface area contributed by atoms with Crippen molar-refractivity contribution in [3.8, 4) is 0 Å². The van der Waals surface area contributed by atoms with E-state index in [1.807, 2.05) is 0 Å². The maximum Gasteiger partial charge on any atom is 0.242 e. The summed E-state index contributed by atoms with van der Waals surface area (Å²) in [4.78, 5) is 29.2. The molecule has 0 spiro atoms. The molecule has 0 aliphatic heterocycles. The molecule has 3 aromatic heterocycles. The molecule has 0 unspecified atom stereocenters. The summed E-state index contributed by atoms with van der Waals surface area (Å²) in [5.74, 6) is -2.11. The number of hydrogen-bond donors (Lipinski definition) is 0. The van der Waals surface area contributed by atoms with E-state index in [2.05, 4.69) is 24.9 Å². The lowest BCUT2D eigenvalue weighted by atomic mass is 10.2. The van der Waals surface area contributed by atoms with Gasteiger partial charge >= 0.3 is 0 Å². The molecule has 0 saturated carbocycles. The van der Waals surface area contributed by atoms with E-state index in [4.69, 9.17) is 11.6 Å². The van der Waals surface area contributed by atoms with Crippen molar-refractivity contribution in [3.05, 3.63) is 77.6 Å². The zero-order chi connectivity index (χ0) is 16.7. The summed E-state index contributed by atoms with van der Waals surface area (Å²) in [5, 5.41) is 0.162. The number of halogens is 3. The van der Waals surface area contributed by atoms with Gasteiger partial charge in [0.25, 0.3) is 0 Å². The van der Waals surface area contributed by atoms with Gasteiger partial charge in [-0.15, -0.1) is 0 Å². The molecule has 0 aromatic carbocycles. The quantitative estimate of drug-likeness (QED) is 0.528. The van der Waals surface area contributed by atoms with E-state index in [9.17, 15) is 13.6 Å². The second-order valence-electron chi connectivity index (χ2n) is 3.90. The third-order valence-electron chi connectivity index (χ3n) is 2.35. The van der Waals surface area contributed by atoms with E-state index < -0.39 is 17.7 Å². The van der Waals surface area contributed by atoms with Gasteiger partial charge in [-0.2, -0.15) is 8.78 Å². The van der Waals surface area contributed by atoms with Crippen LogP contribution >= 0.6 is 11.6 Å². The van der Waals surface area contributed by atoms with Crippen molar-refractivity contribution in [2.45, 2.75) is 0 Å². The molecule has 9 heteroatoms. The number of pyridine rings is 1. The number of carbonyl (C=O) groups excluding carboxylic acids is 1. The first-order valence-electron chi connectivity index (χ1n) is 6.13. The molecule has 0 radical (unpaired) electrons. The molecule has 0 saturated heterocycles. The van der Waals surface area contributed by atoms with Gasteiger partial charge in [-0.25, -0.2) is 19.9 Å². The van der Waals surface area contributed by atoms with Gasteiger partial charge in [-0.05, 0) is 12.1 Å². The molecule has 0 N–H and O–H groups in total. The average Bonchev–Trinajstić information content (AvgIpc) is 2.56. The molecule has 3 aromatic rings. The molecule has 0 aliphatic rings. The van der Waals surface area contributed by atoms with Crippen LogP contribution in [0.3, 0.4) is 0 Å². The second kappa shape index (κ2) is 7.95. The Kier molecular flexibility index (Phi) is 5.70. The van der Waals surface area contributed by atoms with Gasteiger partial charge in [0, 0.05) is 24.8 Å². The molecular weight excluding hydrogens is 328 g/mol. The Morgan fingerprint density at radius 1 is 1.00 bits per heavy atom.